The quantitative estimate of drug-likeness (QED) is 0.461. The third-order valence-electron chi connectivity index (χ3n) is 4.43. The molecule has 3 rings (SSSR count). The maximum Gasteiger partial charge on any atom is 0.335 e. The minimum atomic E-state index is -0.921. The van der Waals surface area contributed by atoms with Gasteiger partial charge in [-0.25, -0.2) is 4.79 Å². The molecule has 0 spiro atoms. The molecule has 1 aromatic carbocycles. The average Bonchev–Trinajstić information content (AvgIpc) is 2.88. The Morgan fingerprint density at radius 3 is 2.65 bits per heavy atom. The second kappa shape index (κ2) is 7.05. The van der Waals surface area contributed by atoms with Gasteiger partial charge in [-0.1, -0.05) is 12.1 Å². The normalized spacial score (nSPS) is 29.3. The number of nitrogens with one attached hydrogen (secondary N) is 3. The summed E-state index contributed by atoms with van der Waals surface area (Å²) in [6, 6.07) is 6.89. The number of carbonyl (C=O) groups is 2. The Balaban J connectivity index is 0.00000192. The van der Waals surface area contributed by atoms with E-state index in [2.05, 4.69) is 16.0 Å². The summed E-state index contributed by atoms with van der Waals surface area (Å²) in [5.41, 5.74) is 7.07. The molecule has 4 atom stereocenters. The minimum absolute atomic E-state index is 0. The fraction of sp³-hybridized carbons (Fsp3) is 0.467. The number of carboxylic acids is 1. The van der Waals surface area contributed by atoms with Crippen LogP contribution in [0.3, 0.4) is 0 Å². The Hall–Kier alpha value is -2.00. The molecule has 23 heavy (non-hydrogen) atoms. The average molecular weight is 322 g/mol. The summed E-state index contributed by atoms with van der Waals surface area (Å²) in [4.78, 5) is 22.9. The molecule has 8 nitrogen and oxygen atoms in total. The van der Waals surface area contributed by atoms with E-state index in [0.29, 0.717) is 0 Å². The van der Waals surface area contributed by atoms with Crippen LogP contribution in [0.5, 0.6) is 0 Å². The molecule has 2 saturated heterocycles. The molecule has 2 aliphatic rings. The number of carbonyl (C=O) groups excluding carboxylic acids is 1. The number of hydrogen-bond acceptors (Lipinski definition) is 5. The van der Waals surface area contributed by atoms with E-state index in [1.165, 1.54) is 0 Å². The van der Waals surface area contributed by atoms with Gasteiger partial charge in [0.2, 0.25) is 5.91 Å². The zero-order valence-electron chi connectivity index (χ0n) is 12.6. The molecule has 8 heteroatoms. The summed E-state index contributed by atoms with van der Waals surface area (Å²) in [6.07, 6.45) is 1.12. The Morgan fingerprint density at radius 1 is 1.30 bits per heavy atom. The van der Waals surface area contributed by atoms with E-state index in [-0.39, 0.29) is 34.9 Å². The Kier molecular flexibility index (Phi) is 5.32. The fourth-order valence-corrected chi connectivity index (χ4v) is 3.26. The number of hydrogen-bond donors (Lipinski definition) is 5. The van der Waals surface area contributed by atoms with Crippen molar-refractivity contribution < 1.29 is 20.2 Å². The third kappa shape index (κ3) is 3.67. The molecule has 2 aliphatic heterocycles. The number of fused-ring (bicyclic) bond motifs is 1. The fourth-order valence-electron chi connectivity index (χ4n) is 3.26. The molecule has 1 aromatic rings. The first kappa shape index (κ1) is 17.4. The van der Waals surface area contributed by atoms with Crippen molar-refractivity contribution in [3.05, 3.63) is 35.4 Å². The molecule has 0 saturated carbocycles. The van der Waals surface area contributed by atoms with Crippen molar-refractivity contribution in [3.8, 4) is 0 Å². The van der Waals surface area contributed by atoms with Crippen LogP contribution in [0.1, 0.15) is 22.3 Å². The number of aryl methyl sites for hydroxylation is 1. The molecule has 0 radical (unpaired) electrons. The van der Waals surface area contributed by atoms with E-state index in [1.807, 2.05) is 12.1 Å². The molecule has 4 unspecified atom stereocenters. The topological polar surface area (TPSA) is 148 Å². The molecule has 1 amide bonds. The van der Waals surface area contributed by atoms with Crippen molar-refractivity contribution >= 4 is 11.9 Å². The van der Waals surface area contributed by atoms with Crippen molar-refractivity contribution in [1.29, 1.82) is 0 Å². The van der Waals surface area contributed by atoms with Crippen LogP contribution in [0.15, 0.2) is 24.3 Å². The van der Waals surface area contributed by atoms with Crippen LogP contribution >= 0.6 is 0 Å². The summed E-state index contributed by atoms with van der Waals surface area (Å²) >= 11 is 0. The number of benzene rings is 1. The molecule has 2 fully saturated rings. The highest BCUT2D eigenvalue weighted by Crippen LogP contribution is 2.27. The van der Waals surface area contributed by atoms with Gasteiger partial charge in [0.05, 0.1) is 17.6 Å². The van der Waals surface area contributed by atoms with Gasteiger partial charge in [0.1, 0.15) is 6.29 Å². The van der Waals surface area contributed by atoms with E-state index in [9.17, 15) is 9.59 Å². The second-order valence-corrected chi connectivity index (χ2v) is 5.87. The predicted molar refractivity (Wildman–Crippen MR) is 83.4 cm³/mol. The summed E-state index contributed by atoms with van der Waals surface area (Å²) in [6.45, 7) is 0.773. The molecule has 0 bridgehead atoms. The van der Waals surface area contributed by atoms with Crippen LogP contribution in [0.4, 0.5) is 0 Å². The van der Waals surface area contributed by atoms with Crippen molar-refractivity contribution in [2.75, 3.05) is 6.54 Å². The van der Waals surface area contributed by atoms with Gasteiger partial charge in [-0.05, 0) is 36.5 Å². The van der Waals surface area contributed by atoms with Gasteiger partial charge in [-0.15, -0.1) is 0 Å². The van der Waals surface area contributed by atoms with E-state index in [0.717, 1.165) is 24.9 Å². The van der Waals surface area contributed by atoms with Crippen LogP contribution in [0, 0.1) is 11.8 Å². The van der Waals surface area contributed by atoms with Gasteiger partial charge >= 0.3 is 5.97 Å². The number of aromatic carboxylic acids is 1. The lowest BCUT2D eigenvalue weighted by Gasteiger charge is -2.33. The SMILES string of the molecule is NC1NC(=O)C2C(CCc3ccc(C(=O)O)cc3)CNC2N1.O. The first-order valence-electron chi connectivity index (χ1n) is 7.42. The maximum atomic E-state index is 12.1. The molecule has 0 aromatic heterocycles. The summed E-state index contributed by atoms with van der Waals surface area (Å²) in [5.74, 6) is -0.801. The number of nitrogens with two attached hydrogens (primary N) is 1. The number of amides is 1. The van der Waals surface area contributed by atoms with Crippen LogP contribution < -0.4 is 21.7 Å². The zero-order valence-corrected chi connectivity index (χ0v) is 12.6. The molecule has 0 aliphatic carbocycles. The van der Waals surface area contributed by atoms with Crippen molar-refractivity contribution in [1.82, 2.24) is 16.0 Å². The Morgan fingerprint density at radius 2 is 2.00 bits per heavy atom. The van der Waals surface area contributed by atoms with Crippen molar-refractivity contribution in [2.24, 2.45) is 17.6 Å². The van der Waals surface area contributed by atoms with E-state index in [4.69, 9.17) is 10.8 Å². The molecule has 8 N–H and O–H groups in total. The largest absolute Gasteiger partial charge is 0.478 e. The molecular formula is C15H22N4O4. The van der Waals surface area contributed by atoms with Crippen LogP contribution in [0.2, 0.25) is 0 Å². The van der Waals surface area contributed by atoms with Crippen molar-refractivity contribution in [3.63, 3.8) is 0 Å². The summed E-state index contributed by atoms with van der Waals surface area (Å²) in [5, 5.41) is 18.0. The van der Waals surface area contributed by atoms with Gasteiger partial charge in [-0.2, -0.15) is 0 Å². The van der Waals surface area contributed by atoms with Gasteiger partial charge in [0.25, 0.3) is 0 Å². The highest BCUT2D eigenvalue weighted by Gasteiger charge is 2.44. The summed E-state index contributed by atoms with van der Waals surface area (Å²) < 4.78 is 0. The van der Waals surface area contributed by atoms with Gasteiger partial charge < -0.3 is 21.2 Å². The van der Waals surface area contributed by atoms with Crippen molar-refractivity contribution in [2.45, 2.75) is 25.3 Å². The van der Waals surface area contributed by atoms with E-state index >= 15 is 0 Å². The lowest BCUT2D eigenvalue weighted by atomic mass is 9.87. The number of rotatable bonds is 4. The Labute approximate surface area is 133 Å². The standard InChI is InChI=1S/C15H20N4O3.H2O/c16-15-18-12-11(13(20)19-15)10(7-17-12)6-3-8-1-4-9(5-2-8)14(21)22;/h1-2,4-5,10-12,15,17-18H,3,6-7,16H2,(H,19,20)(H,21,22);1H2. The molecular weight excluding hydrogens is 300 g/mol. The third-order valence-corrected chi connectivity index (χ3v) is 4.43. The van der Waals surface area contributed by atoms with E-state index in [1.54, 1.807) is 12.1 Å². The Bertz CT molecular complexity index is 577. The van der Waals surface area contributed by atoms with Crippen LogP contribution in [-0.4, -0.2) is 41.5 Å². The molecule has 126 valence electrons. The van der Waals surface area contributed by atoms with Gasteiger partial charge in [0.15, 0.2) is 0 Å². The first-order valence-corrected chi connectivity index (χ1v) is 7.42. The second-order valence-electron chi connectivity index (χ2n) is 5.87. The van der Waals surface area contributed by atoms with Gasteiger partial charge in [-0.3, -0.25) is 15.8 Å². The smallest absolute Gasteiger partial charge is 0.335 e. The summed E-state index contributed by atoms with van der Waals surface area (Å²) in [7, 11) is 0. The van der Waals surface area contributed by atoms with E-state index < -0.39 is 12.3 Å². The predicted octanol–water partition coefficient (Wildman–Crippen LogP) is -1.38. The maximum absolute atomic E-state index is 12.1. The van der Waals surface area contributed by atoms with Crippen LogP contribution in [0.25, 0.3) is 0 Å². The monoisotopic (exact) mass is 322 g/mol. The van der Waals surface area contributed by atoms with Gasteiger partial charge in [0, 0.05) is 6.54 Å². The molecule has 2 heterocycles. The minimum Gasteiger partial charge on any atom is -0.478 e. The lowest BCUT2D eigenvalue weighted by Crippen LogP contribution is -2.66. The first-order chi connectivity index (χ1) is 10.5. The zero-order chi connectivity index (χ0) is 15.7. The number of carboxylic acid groups (broad SMARTS) is 1. The lowest BCUT2D eigenvalue weighted by molar-refractivity contribution is -0.130. The highest BCUT2D eigenvalue weighted by atomic mass is 16.4. The van der Waals surface area contributed by atoms with Crippen LogP contribution in [-0.2, 0) is 11.2 Å². The highest BCUT2D eigenvalue weighted by molar-refractivity contribution is 5.87.